The van der Waals surface area contributed by atoms with Crippen molar-refractivity contribution < 1.29 is 18.7 Å². The van der Waals surface area contributed by atoms with Crippen LogP contribution in [0.4, 0.5) is 4.79 Å². The van der Waals surface area contributed by atoms with Gasteiger partial charge in [0.2, 0.25) is 0 Å². The summed E-state index contributed by atoms with van der Waals surface area (Å²) in [5.41, 5.74) is 1.46. The Morgan fingerprint density at radius 1 is 1.10 bits per heavy atom. The molecule has 29 heavy (non-hydrogen) atoms. The fourth-order valence-electron chi connectivity index (χ4n) is 3.35. The molecule has 0 saturated carbocycles. The van der Waals surface area contributed by atoms with Crippen molar-refractivity contribution in [1.29, 1.82) is 0 Å². The monoisotopic (exact) mass is 402 g/mol. The zero-order valence-electron chi connectivity index (χ0n) is 17.9. The number of ether oxygens (including phenoxy) is 1. The Hall–Kier alpha value is -2.77. The van der Waals surface area contributed by atoms with E-state index in [1.807, 2.05) is 51.4 Å². The molecule has 2 aromatic rings. The Kier molecular flexibility index (Phi) is 6.00. The molecule has 0 bridgehead atoms. The number of aromatic nitrogens is 2. The number of furan rings is 1. The third-order valence-electron chi connectivity index (χ3n) is 4.72. The van der Waals surface area contributed by atoms with Crippen LogP contribution in [0.15, 0.2) is 22.6 Å². The first-order chi connectivity index (χ1) is 13.6. The standard InChI is InChI=1S/C21H30N4O4/c1-15-13-16(2)25(22-15)14-17-7-8-18(28-17)19(26)23-9-6-10-24(12-11-23)20(27)29-21(3,4)5/h7-8,13H,6,9-12,14H2,1-5H3. The highest BCUT2D eigenvalue weighted by atomic mass is 16.6. The third-order valence-corrected chi connectivity index (χ3v) is 4.72. The number of rotatable bonds is 3. The van der Waals surface area contributed by atoms with Crippen LogP contribution in [0.1, 0.15) is 54.9 Å². The minimum absolute atomic E-state index is 0.157. The largest absolute Gasteiger partial charge is 0.454 e. The van der Waals surface area contributed by atoms with Crippen molar-refractivity contribution in [2.75, 3.05) is 26.2 Å². The second-order valence-corrected chi connectivity index (χ2v) is 8.46. The van der Waals surface area contributed by atoms with E-state index in [1.165, 1.54) is 0 Å². The number of aryl methyl sites for hydroxylation is 2. The lowest BCUT2D eigenvalue weighted by Crippen LogP contribution is -2.40. The molecule has 0 N–H and O–H groups in total. The Bertz CT molecular complexity index is 878. The van der Waals surface area contributed by atoms with Gasteiger partial charge in [0.25, 0.3) is 5.91 Å². The fourth-order valence-corrected chi connectivity index (χ4v) is 3.35. The van der Waals surface area contributed by atoms with Crippen molar-refractivity contribution in [1.82, 2.24) is 19.6 Å². The quantitative estimate of drug-likeness (QED) is 0.787. The molecule has 0 unspecified atom stereocenters. The van der Waals surface area contributed by atoms with Gasteiger partial charge in [0.1, 0.15) is 11.4 Å². The number of carbonyl (C=O) groups is 2. The van der Waals surface area contributed by atoms with Crippen molar-refractivity contribution in [2.45, 2.75) is 53.2 Å². The summed E-state index contributed by atoms with van der Waals surface area (Å²) in [6.07, 6.45) is 0.363. The van der Waals surface area contributed by atoms with E-state index in [1.54, 1.807) is 15.9 Å². The van der Waals surface area contributed by atoms with E-state index in [0.29, 0.717) is 50.7 Å². The first-order valence-corrected chi connectivity index (χ1v) is 9.99. The SMILES string of the molecule is Cc1cc(C)n(Cc2ccc(C(=O)N3CCCN(C(=O)OC(C)(C)C)CC3)o2)n1. The average molecular weight is 402 g/mol. The zero-order chi connectivity index (χ0) is 21.2. The van der Waals surface area contributed by atoms with Crippen molar-refractivity contribution in [3.05, 3.63) is 41.1 Å². The van der Waals surface area contributed by atoms with E-state index in [4.69, 9.17) is 9.15 Å². The molecule has 2 amide bonds. The van der Waals surface area contributed by atoms with Gasteiger partial charge in [-0.05, 0) is 59.2 Å². The molecule has 0 aromatic carbocycles. The Morgan fingerprint density at radius 2 is 1.79 bits per heavy atom. The maximum absolute atomic E-state index is 12.9. The number of amides is 2. The molecule has 1 saturated heterocycles. The van der Waals surface area contributed by atoms with Gasteiger partial charge >= 0.3 is 6.09 Å². The predicted octanol–water partition coefficient (Wildman–Crippen LogP) is 3.22. The third kappa shape index (κ3) is 5.40. The number of nitrogens with zero attached hydrogens (tertiary/aromatic N) is 4. The first-order valence-electron chi connectivity index (χ1n) is 9.99. The molecule has 3 rings (SSSR count). The zero-order valence-corrected chi connectivity index (χ0v) is 17.9. The van der Waals surface area contributed by atoms with Gasteiger partial charge in [0, 0.05) is 31.9 Å². The fraction of sp³-hybridized carbons (Fsp3) is 0.571. The van der Waals surface area contributed by atoms with Crippen LogP contribution in [-0.2, 0) is 11.3 Å². The summed E-state index contributed by atoms with van der Waals surface area (Å²) in [5.74, 6) is 0.840. The van der Waals surface area contributed by atoms with Gasteiger partial charge < -0.3 is 19.0 Å². The molecule has 1 fully saturated rings. The summed E-state index contributed by atoms with van der Waals surface area (Å²) in [5, 5.41) is 4.42. The van der Waals surface area contributed by atoms with Gasteiger partial charge in [-0.2, -0.15) is 5.10 Å². The van der Waals surface area contributed by atoms with Crippen molar-refractivity contribution in [3.8, 4) is 0 Å². The summed E-state index contributed by atoms with van der Waals surface area (Å²) in [7, 11) is 0. The molecular formula is C21H30N4O4. The van der Waals surface area contributed by atoms with Crippen LogP contribution in [0.2, 0.25) is 0 Å². The predicted molar refractivity (Wildman–Crippen MR) is 108 cm³/mol. The minimum atomic E-state index is -0.533. The maximum atomic E-state index is 12.9. The lowest BCUT2D eigenvalue weighted by molar-refractivity contribution is 0.0255. The second-order valence-electron chi connectivity index (χ2n) is 8.46. The normalized spacial score (nSPS) is 15.3. The summed E-state index contributed by atoms with van der Waals surface area (Å²) in [4.78, 5) is 28.6. The van der Waals surface area contributed by atoms with Gasteiger partial charge in [-0.3, -0.25) is 9.48 Å². The van der Waals surface area contributed by atoms with Crippen LogP contribution in [0.25, 0.3) is 0 Å². The van der Waals surface area contributed by atoms with E-state index in [9.17, 15) is 9.59 Å². The lowest BCUT2D eigenvalue weighted by Gasteiger charge is -2.26. The Labute approximate surface area is 171 Å². The number of hydrogen-bond donors (Lipinski definition) is 0. The van der Waals surface area contributed by atoms with Gasteiger partial charge in [-0.1, -0.05) is 0 Å². The lowest BCUT2D eigenvalue weighted by atomic mass is 10.2. The Balaban J connectivity index is 1.60. The summed E-state index contributed by atoms with van der Waals surface area (Å²) < 4.78 is 13.1. The highest BCUT2D eigenvalue weighted by Gasteiger charge is 2.27. The molecule has 0 atom stereocenters. The highest BCUT2D eigenvalue weighted by molar-refractivity contribution is 5.91. The Morgan fingerprint density at radius 3 is 2.45 bits per heavy atom. The van der Waals surface area contributed by atoms with Crippen LogP contribution in [0.5, 0.6) is 0 Å². The van der Waals surface area contributed by atoms with Crippen molar-refractivity contribution >= 4 is 12.0 Å². The molecule has 0 aliphatic carbocycles. The molecule has 3 heterocycles. The smallest absolute Gasteiger partial charge is 0.410 e. The second kappa shape index (κ2) is 8.31. The van der Waals surface area contributed by atoms with E-state index in [2.05, 4.69) is 5.10 Å². The van der Waals surface area contributed by atoms with Crippen LogP contribution in [0.3, 0.4) is 0 Å². The van der Waals surface area contributed by atoms with E-state index in [-0.39, 0.29) is 12.0 Å². The first kappa shape index (κ1) is 21.0. The van der Waals surface area contributed by atoms with E-state index >= 15 is 0 Å². The summed E-state index contributed by atoms with van der Waals surface area (Å²) in [6, 6.07) is 5.52. The topological polar surface area (TPSA) is 80.8 Å². The van der Waals surface area contributed by atoms with Crippen LogP contribution in [-0.4, -0.2) is 63.4 Å². The van der Waals surface area contributed by atoms with Crippen LogP contribution < -0.4 is 0 Å². The van der Waals surface area contributed by atoms with Gasteiger partial charge in [0.05, 0.1) is 12.2 Å². The van der Waals surface area contributed by atoms with Crippen LogP contribution >= 0.6 is 0 Å². The van der Waals surface area contributed by atoms with Crippen LogP contribution in [0, 0.1) is 13.8 Å². The van der Waals surface area contributed by atoms with Gasteiger partial charge in [0.15, 0.2) is 5.76 Å². The van der Waals surface area contributed by atoms with Gasteiger partial charge in [-0.15, -0.1) is 0 Å². The number of carbonyl (C=O) groups excluding carboxylic acids is 2. The minimum Gasteiger partial charge on any atom is -0.454 e. The molecule has 0 spiro atoms. The molecule has 1 aliphatic rings. The summed E-state index contributed by atoms with van der Waals surface area (Å²) in [6.45, 7) is 12.0. The van der Waals surface area contributed by atoms with Gasteiger partial charge in [-0.25, -0.2) is 4.79 Å². The van der Waals surface area contributed by atoms with Crippen molar-refractivity contribution in [3.63, 3.8) is 0 Å². The number of hydrogen-bond acceptors (Lipinski definition) is 5. The maximum Gasteiger partial charge on any atom is 0.410 e. The molecule has 0 radical (unpaired) electrons. The molecule has 2 aromatic heterocycles. The van der Waals surface area contributed by atoms with E-state index < -0.39 is 5.60 Å². The summed E-state index contributed by atoms with van der Waals surface area (Å²) >= 11 is 0. The molecular weight excluding hydrogens is 372 g/mol. The average Bonchev–Trinajstić information content (AvgIpc) is 3.10. The van der Waals surface area contributed by atoms with E-state index in [0.717, 1.165) is 11.4 Å². The molecule has 8 heteroatoms. The molecule has 1 aliphatic heterocycles. The highest BCUT2D eigenvalue weighted by Crippen LogP contribution is 2.16. The molecule has 158 valence electrons. The molecule has 8 nitrogen and oxygen atoms in total. The van der Waals surface area contributed by atoms with Crippen molar-refractivity contribution in [2.24, 2.45) is 0 Å².